The van der Waals surface area contributed by atoms with Crippen molar-refractivity contribution in [3.8, 4) is 0 Å². The van der Waals surface area contributed by atoms with Crippen molar-refractivity contribution in [1.82, 2.24) is 14.3 Å². The number of nitrogens with two attached hydrogens (primary N) is 1. The van der Waals surface area contributed by atoms with Gasteiger partial charge in [-0.3, -0.25) is 4.79 Å². The second-order valence-corrected chi connectivity index (χ2v) is 7.01. The lowest BCUT2D eigenvalue weighted by Gasteiger charge is -2.26. The molecule has 0 saturated carbocycles. The van der Waals surface area contributed by atoms with Crippen LogP contribution in [0.25, 0.3) is 11.0 Å². The zero-order valence-corrected chi connectivity index (χ0v) is 14.2. The number of rotatable bonds is 3. The lowest BCUT2D eigenvalue weighted by molar-refractivity contribution is 0.421. The van der Waals surface area contributed by atoms with Gasteiger partial charge in [0, 0.05) is 36.4 Å². The Balaban J connectivity index is 1.67. The summed E-state index contributed by atoms with van der Waals surface area (Å²) in [6.07, 6.45) is 2.48. The zero-order valence-electron chi connectivity index (χ0n) is 13.4. The number of aromatic amines is 1. The molecule has 1 unspecified atom stereocenters. The number of benzene rings is 1. The highest BCUT2D eigenvalue weighted by atomic mass is 32.2. The van der Waals surface area contributed by atoms with Crippen LogP contribution in [0.4, 0.5) is 11.4 Å². The van der Waals surface area contributed by atoms with Crippen LogP contribution in [0.2, 0.25) is 0 Å². The minimum absolute atomic E-state index is 0.180. The molecule has 2 aromatic heterocycles. The molecule has 0 spiro atoms. The molecule has 4 rings (SSSR count). The summed E-state index contributed by atoms with van der Waals surface area (Å²) in [6, 6.07) is 11.2. The minimum Gasteiger partial charge on any atom is -0.355 e. The summed E-state index contributed by atoms with van der Waals surface area (Å²) in [5, 5.41) is 9.72. The first-order valence-corrected chi connectivity index (χ1v) is 9.05. The van der Waals surface area contributed by atoms with Gasteiger partial charge in [0.2, 0.25) is 5.56 Å². The van der Waals surface area contributed by atoms with Crippen molar-refractivity contribution in [2.75, 3.05) is 11.9 Å². The number of nitrogens with zero attached hydrogens (tertiary/aromatic N) is 2. The third-order valence-electron chi connectivity index (χ3n) is 4.35. The molecular formula is C17H17N5O2S. The Hall–Kier alpha value is -2.55. The number of aromatic nitrogens is 2. The van der Waals surface area contributed by atoms with E-state index < -0.39 is 11.2 Å². The van der Waals surface area contributed by atoms with Crippen LogP contribution in [0.5, 0.6) is 0 Å². The van der Waals surface area contributed by atoms with Crippen LogP contribution in [-0.2, 0) is 24.1 Å². The molecule has 128 valence electrons. The Morgan fingerprint density at radius 1 is 1.20 bits per heavy atom. The van der Waals surface area contributed by atoms with E-state index in [1.807, 2.05) is 18.2 Å². The largest absolute Gasteiger partial charge is 0.355 e. The van der Waals surface area contributed by atoms with Crippen LogP contribution < -0.4 is 16.0 Å². The van der Waals surface area contributed by atoms with Gasteiger partial charge in [-0.25, -0.2) is 18.6 Å². The number of hydrogen-bond donors (Lipinski definition) is 3. The number of nitrogens with one attached hydrogen (secondary N) is 2. The Morgan fingerprint density at radius 2 is 2.08 bits per heavy atom. The van der Waals surface area contributed by atoms with E-state index >= 15 is 0 Å². The van der Waals surface area contributed by atoms with Crippen molar-refractivity contribution in [2.24, 2.45) is 5.14 Å². The molecule has 25 heavy (non-hydrogen) atoms. The monoisotopic (exact) mass is 355 g/mol. The Morgan fingerprint density at radius 3 is 2.92 bits per heavy atom. The molecule has 0 saturated heterocycles. The first-order valence-electron chi connectivity index (χ1n) is 7.88. The highest BCUT2D eigenvalue weighted by Gasteiger charge is 2.19. The van der Waals surface area contributed by atoms with Gasteiger partial charge in [0.05, 0.1) is 5.69 Å². The van der Waals surface area contributed by atoms with Gasteiger partial charge >= 0.3 is 0 Å². The molecular weight excluding hydrogens is 338 g/mol. The average Bonchev–Trinajstić information content (AvgIpc) is 2.61. The van der Waals surface area contributed by atoms with Gasteiger partial charge in [-0.15, -0.1) is 0 Å². The summed E-state index contributed by atoms with van der Waals surface area (Å²) in [6.45, 7) is 1.27. The van der Waals surface area contributed by atoms with Crippen LogP contribution in [-0.4, -0.2) is 25.0 Å². The number of anilines is 2. The highest BCUT2D eigenvalue weighted by molar-refractivity contribution is 7.80. The van der Waals surface area contributed by atoms with Gasteiger partial charge in [0.1, 0.15) is 5.65 Å². The smallest absolute Gasteiger partial charge is 0.249 e. The molecule has 0 aliphatic carbocycles. The van der Waals surface area contributed by atoms with Crippen LogP contribution in [0.3, 0.4) is 0 Å². The van der Waals surface area contributed by atoms with E-state index in [1.54, 1.807) is 16.6 Å². The van der Waals surface area contributed by atoms with Gasteiger partial charge in [0.25, 0.3) is 0 Å². The van der Waals surface area contributed by atoms with E-state index in [-0.39, 0.29) is 5.56 Å². The standard InChI is InChI=1S/C17H17N5O2S/c18-25(24)22-8-6-11-1-2-13(9-12(11)10-22)20-15-5-7-19-17-14(15)3-4-16(23)21-17/h1-5,7,9H,6,8,10,18H2,(H2,19,20,21,23). The first-order chi connectivity index (χ1) is 12.1. The molecule has 1 aromatic carbocycles. The molecule has 7 nitrogen and oxygen atoms in total. The maximum Gasteiger partial charge on any atom is 0.249 e. The van der Waals surface area contributed by atoms with Crippen molar-refractivity contribution >= 4 is 33.6 Å². The van der Waals surface area contributed by atoms with Gasteiger partial charge < -0.3 is 10.3 Å². The van der Waals surface area contributed by atoms with Gasteiger partial charge in [-0.1, -0.05) is 6.07 Å². The third kappa shape index (κ3) is 3.19. The third-order valence-corrected chi connectivity index (χ3v) is 5.17. The predicted octanol–water partition coefficient (Wildman–Crippen LogP) is 1.56. The normalized spacial score (nSPS) is 15.7. The summed E-state index contributed by atoms with van der Waals surface area (Å²) in [7, 11) is 0. The van der Waals surface area contributed by atoms with E-state index in [0.29, 0.717) is 18.7 Å². The fourth-order valence-electron chi connectivity index (χ4n) is 3.09. The predicted molar refractivity (Wildman–Crippen MR) is 98.5 cm³/mol. The minimum atomic E-state index is -1.45. The van der Waals surface area contributed by atoms with Crippen molar-refractivity contribution < 1.29 is 4.21 Å². The summed E-state index contributed by atoms with van der Waals surface area (Å²) >= 11 is -1.45. The summed E-state index contributed by atoms with van der Waals surface area (Å²) in [4.78, 5) is 18.4. The molecule has 0 amide bonds. The summed E-state index contributed by atoms with van der Waals surface area (Å²) in [5.41, 5.74) is 4.50. The van der Waals surface area contributed by atoms with Gasteiger partial charge in [0.15, 0.2) is 11.2 Å². The van der Waals surface area contributed by atoms with Crippen LogP contribution >= 0.6 is 0 Å². The maximum absolute atomic E-state index is 11.5. The van der Waals surface area contributed by atoms with Crippen molar-refractivity contribution in [3.05, 3.63) is 64.1 Å². The molecule has 1 atom stereocenters. The molecule has 0 radical (unpaired) electrons. The molecule has 1 aliphatic rings. The second kappa shape index (κ2) is 6.40. The molecule has 1 aliphatic heterocycles. The van der Waals surface area contributed by atoms with Gasteiger partial charge in [-0.2, -0.15) is 0 Å². The topological polar surface area (TPSA) is 104 Å². The Labute approximate surface area is 146 Å². The quantitative estimate of drug-likeness (QED) is 0.663. The fourth-order valence-corrected chi connectivity index (χ4v) is 3.62. The van der Waals surface area contributed by atoms with E-state index in [4.69, 9.17) is 5.14 Å². The fraction of sp³-hybridized carbons (Fsp3) is 0.176. The second-order valence-electron chi connectivity index (χ2n) is 5.94. The number of H-pyrrole nitrogens is 1. The molecule has 0 bridgehead atoms. The molecule has 8 heteroatoms. The molecule has 0 fully saturated rings. The maximum atomic E-state index is 11.5. The van der Waals surface area contributed by atoms with E-state index in [0.717, 1.165) is 28.7 Å². The SMILES string of the molecule is NS(=O)N1CCc2ccc(Nc3ccnc4[nH]c(=O)ccc34)cc2C1. The van der Waals surface area contributed by atoms with Crippen LogP contribution in [0, 0.1) is 0 Å². The lowest BCUT2D eigenvalue weighted by Crippen LogP contribution is -2.35. The molecule has 4 N–H and O–H groups in total. The highest BCUT2D eigenvalue weighted by Crippen LogP contribution is 2.27. The van der Waals surface area contributed by atoms with E-state index in [2.05, 4.69) is 21.4 Å². The van der Waals surface area contributed by atoms with Crippen LogP contribution in [0.1, 0.15) is 11.1 Å². The zero-order chi connectivity index (χ0) is 17.4. The number of hydrogen-bond acceptors (Lipinski definition) is 4. The Kier molecular flexibility index (Phi) is 4.08. The van der Waals surface area contributed by atoms with Crippen molar-refractivity contribution in [2.45, 2.75) is 13.0 Å². The number of pyridine rings is 2. The van der Waals surface area contributed by atoms with Crippen molar-refractivity contribution in [1.29, 1.82) is 0 Å². The molecule has 3 heterocycles. The average molecular weight is 355 g/mol. The van der Waals surface area contributed by atoms with E-state index in [9.17, 15) is 9.00 Å². The van der Waals surface area contributed by atoms with Gasteiger partial charge in [-0.05, 0) is 41.8 Å². The van der Waals surface area contributed by atoms with E-state index in [1.165, 1.54) is 11.6 Å². The summed E-state index contributed by atoms with van der Waals surface area (Å²) in [5.74, 6) is 0. The number of fused-ring (bicyclic) bond motifs is 2. The summed E-state index contributed by atoms with van der Waals surface area (Å²) < 4.78 is 13.3. The first kappa shape index (κ1) is 15.9. The van der Waals surface area contributed by atoms with Crippen LogP contribution in [0.15, 0.2) is 47.4 Å². The van der Waals surface area contributed by atoms with Crippen molar-refractivity contribution in [3.63, 3.8) is 0 Å². The lowest BCUT2D eigenvalue weighted by atomic mass is 10.0. The Bertz CT molecular complexity index is 1030. The molecule has 3 aromatic rings.